The van der Waals surface area contributed by atoms with Crippen molar-refractivity contribution in [3.63, 3.8) is 0 Å². The molecule has 2 amide bonds. The van der Waals surface area contributed by atoms with Crippen molar-refractivity contribution < 1.29 is 27.9 Å². The highest BCUT2D eigenvalue weighted by Crippen LogP contribution is 2.37. The van der Waals surface area contributed by atoms with E-state index in [0.717, 1.165) is 0 Å². The van der Waals surface area contributed by atoms with E-state index >= 15 is 0 Å². The first-order valence-corrected chi connectivity index (χ1v) is 7.12. The Morgan fingerprint density at radius 2 is 1.90 bits per heavy atom. The van der Waals surface area contributed by atoms with Gasteiger partial charge in [0.05, 0.1) is 11.8 Å². The normalized spacial score (nSPS) is 30.2. The van der Waals surface area contributed by atoms with Gasteiger partial charge in [-0.3, -0.25) is 4.79 Å². The van der Waals surface area contributed by atoms with E-state index < -0.39 is 36.1 Å². The first kappa shape index (κ1) is 15.9. The van der Waals surface area contributed by atoms with Crippen molar-refractivity contribution in [2.45, 2.75) is 44.3 Å². The molecule has 1 aliphatic carbocycles. The van der Waals surface area contributed by atoms with Gasteiger partial charge in [0.2, 0.25) is 0 Å². The minimum absolute atomic E-state index is 0.0918. The van der Waals surface area contributed by atoms with Crippen LogP contribution in [0, 0.1) is 11.8 Å². The fourth-order valence-corrected chi connectivity index (χ4v) is 3.03. The molecule has 2 N–H and O–H groups in total. The van der Waals surface area contributed by atoms with Crippen LogP contribution in [0.5, 0.6) is 0 Å². The van der Waals surface area contributed by atoms with Crippen LogP contribution >= 0.6 is 0 Å². The van der Waals surface area contributed by atoms with E-state index in [1.54, 1.807) is 0 Å². The molecule has 1 aliphatic heterocycles. The Bertz CT molecular complexity index is 414. The van der Waals surface area contributed by atoms with Crippen molar-refractivity contribution >= 4 is 12.0 Å². The van der Waals surface area contributed by atoms with E-state index in [1.165, 1.54) is 4.90 Å². The smallest absolute Gasteiger partial charge is 0.391 e. The van der Waals surface area contributed by atoms with Gasteiger partial charge in [-0.2, -0.15) is 13.2 Å². The zero-order valence-electron chi connectivity index (χ0n) is 11.5. The maximum absolute atomic E-state index is 12.7. The number of hydrogen-bond acceptors (Lipinski definition) is 2. The van der Waals surface area contributed by atoms with Gasteiger partial charge in [-0.1, -0.05) is 6.42 Å². The Kier molecular flexibility index (Phi) is 4.63. The summed E-state index contributed by atoms with van der Waals surface area (Å²) in [6.07, 6.45) is -2.84. The fraction of sp³-hybridized carbons (Fsp3) is 0.846. The van der Waals surface area contributed by atoms with E-state index in [4.69, 9.17) is 5.11 Å². The molecule has 0 aromatic rings. The third-order valence-corrected chi connectivity index (χ3v) is 4.29. The Labute approximate surface area is 120 Å². The SMILES string of the molecule is O=C(O)C1CCN(C(=O)NC2CCCC(C(F)(F)F)C2)C1. The topological polar surface area (TPSA) is 69.6 Å². The number of halogens is 3. The standard InChI is InChI=1S/C13H19F3N2O3/c14-13(15,16)9-2-1-3-10(6-9)17-12(21)18-5-4-8(7-18)11(19)20/h8-10H,1-7H2,(H,17,21)(H,19,20). The lowest BCUT2D eigenvalue weighted by Gasteiger charge is -2.32. The summed E-state index contributed by atoms with van der Waals surface area (Å²) in [7, 11) is 0. The summed E-state index contributed by atoms with van der Waals surface area (Å²) in [5.41, 5.74) is 0. The van der Waals surface area contributed by atoms with Gasteiger partial charge in [-0.25, -0.2) is 4.79 Å². The van der Waals surface area contributed by atoms with Gasteiger partial charge in [0.1, 0.15) is 0 Å². The van der Waals surface area contributed by atoms with Gasteiger partial charge in [-0.15, -0.1) is 0 Å². The molecule has 0 aromatic carbocycles. The largest absolute Gasteiger partial charge is 0.481 e. The fourth-order valence-electron chi connectivity index (χ4n) is 3.03. The van der Waals surface area contributed by atoms with Crippen LogP contribution in [0.3, 0.4) is 0 Å². The van der Waals surface area contributed by atoms with Crippen molar-refractivity contribution in [3.05, 3.63) is 0 Å². The van der Waals surface area contributed by atoms with Crippen LogP contribution in [-0.4, -0.2) is 47.3 Å². The second kappa shape index (κ2) is 6.11. The van der Waals surface area contributed by atoms with E-state index in [1.807, 2.05) is 0 Å². The Balaban J connectivity index is 1.84. The molecule has 5 nitrogen and oxygen atoms in total. The van der Waals surface area contributed by atoms with Crippen LogP contribution in [0.2, 0.25) is 0 Å². The molecule has 0 bridgehead atoms. The van der Waals surface area contributed by atoms with E-state index in [0.29, 0.717) is 25.8 Å². The molecule has 3 unspecified atom stereocenters. The molecule has 8 heteroatoms. The summed E-state index contributed by atoms with van der Waals surface area (Å²) in [6.45, 7) is 0.453. The van der Waals surface area contributed by atoms with Crippen LogP contribution in [-0.2, 0) is 4.79 Å². The summed E-state index contributed by atoms with van der Waals surface area (Å²) in [5.74, 6) is -2.88. The molecule has 2 aliphatic rings. The number of alkyl halides is 3. The van der Waals surface area contributed by atoms with Crippen LogP contribution < -0.4 is 5.32 Å². The first-order chi connectivity index (χ1) is 9.77. The molecule has 0 aromatic heterocycles. The number of carboxylic acid groups (broad SMARTS) is 1. The van der Waals surface area contributed by atoms with Gasteiger partial charge in [0.25, 0.3) is 0 Å². The summed E-state index contributed by atoms with van der Waals surface area (Å²) < 4.78 is 38.1. The molecule has 1 saturated carbocycles. The average molecular weight is 308 g/mol. The minimum Gasteiger partial charge on any atom is -0.481 e. The Hall–Kier alpha value is -1.47. The van der Waals surface area contributed by atoms with Gasteiger partial charge in [-0.05, 0) is 25.7 Å². The number of aliphatic carboxylic acids is 1. The van der Waals surface area contributed by atoms with E-state index in [2.05, 4.69) is 5.32 Å². The predicted octanol–water partition coefficient (Wildman–Crippen LogP) is 2.22. The van der Waals surface area contributed by atoms with Gasteiger partial charge in [0, 0.05) is 19.1 Å². The number of nitrogens with one attached hydrogen (secondary N) is 1. The second-order valence-corrected chi connectivity index (χ2v) is 5.82. The molecule has 3 atom stereocenters. The van der Waals surface area contributed by atoms with Crippen molar-refractivity contribution in [1.82, 2.24) is 10.2 Å². The van der Waals surface area contributed by atoms with Gasteiger partial charge >= 0.3 is 18.2 Å². The summed E-state index contributed by atoms with van der Waals surface area (Å²) in [6, 6.07) is -0.937. The van der Waals surface area contributed by atoms with Crippen LogP contribution in [0.25, 0.3) is 0 Å². The highest BCUT2D eigenvalue weighted by atomic mass is 19.4. The van der Waals surface area contributed by atoms with Crippen molar-refractivity contribution in [2.24, 2.45) is 11.8 Å². The number of rotatable bonds is 2. The van der Waals surface area contributed by atoms with Crippen LogP contribution in [0.4, 0.5) is 18.0 Å². The third kappa shape index (κ3) is 4.01. The maximum Gasteiger partial charge on any atom is 0.391 e. The molecule has 0 radical (unpaired) electrons. The molecule has 1 heterocycles. The zero-order chi connectivity index (χ0) is 15.6. The average Bonchev–Trinajstić information content (AvgIpc) is 2.88. The number of likely N-dealkylation sites (tertiary alicyclic amines) is 1. The summed E-state index contributed by atoms with van der Waals surface area (Å²) in [5, 5.41) is 11.5. The van der Waals surface area contributed by atoms with E-state index in [-0.39, 0.29) is 19.4 Å². The first-order valence-electron chi connectivity index (χ1n) is 7.12. The Morgan fingerprint density at radius 3 is 2.48 bits per heavy atom. The second-order valence-electron chi connectivity index (χ2n) is 5.82. The van der Waals surface area contributed by atoms with Gasteiger partial charge in [0.15, 0.2) is 0 Å². The number of carboxylic acids is 1. The summed E-state index contributed by atoms with van der Waals surface area (Å²) >= 11 is 0. The molecule has 120 valence electrons. The maximum atomic E-state index is 12.7. The molecule has 2 rings (SSSR count). The molecule has 1 saturated heterocycles. The Morgan fingerprint density at radius 1 is 1.19 bits per heavy atom. The molecule has 21 heavy (non-hydrogen) atoms. The quantitative estimate of drug-likeness (QED) is 0.822. The van der Waals surface area contributed by atoms with E-state index in [9.17, 15) is 22.8 Å². The van der Waals surface area contributed by atoms with Crippen molar-refractivity contribution in [3.8, 4) is 0 Å². The van der Waals surface area contributed by atoms with Gasteiger partial charge < -0.3 is 15.3 Å². The number of carbonyl (C=O) groups excluding carboxylic acids is 1. The number of hydrogen-bond donors (Lipinski definition) is 2. The summed E-state index contributed by atoms with van der Waals surface area (Å²) in [4.78, 5) is 24.2. The molecular formula is C13H19F3N2O3. The number of nitrogens with zero attached hydrogens (tertiary/aromatic N) is 1. The monoisotopic (exact) mass is 308 g/mol. The number of carbonyl (C=O) groups is 2. The molecule has 0 spiro atoms. The highest BCUT2D eigenvalue weighted by Gasteiger charge is 2.42. The van der Waals surface area contributed by atoms with Crippen LogP contribution in [0.15, 0.2) is 0 Å². The number of urea groups is 1. The highest BCUT2D eigenvalue weighted by molar-refractivity contribution is 5.77. The molecular weight excluding hydrogens is 289 g/mol. The lowest BCUT2D eigenvalue weighted by Crippen LogP contribution is -2.47. The minimum atomic E-state index is -4.22. The predicted molar refractivity (Wildman–Crippen MR) is 67.6 cm³/mol. The van der Waals surface area contributed by atoms with Crippen molar-refractivity contribution in [1.29, 1.82) is 0 Å². The van der Waals surface area contributed by atoms with Crippen LogP contribution in [0.1, 0.15) is 32.1 Å². The zero-order valence-corrected chi connectivity index (χ0v) is 11.5. The number of amides is 2. The lowest BCUT2D eigenvalue weighted by atomic mass is 9.85. The third-order valence-electron chi connectivity index (χ3n) is 4.29. The molecule has 2 fully saturated rings. The lowest BCUT2D eigenvalue weighted by molar-refractivity contribution is -0.183. The van der Waals surface area contributed by atoms with Crippen molar-refractivity contribution in [2.75, 3.05) is 13.1 Å².